The van der Waals surface area contributed by atoms with Crippen LogP contribution in [-0.2, 0) is 0 Å². The number of halogens is 1. The first-order chi connectivity index (χ1) is 7.95. The van der Waals surface area contributed by atoms with Crippen molar-refractivity contribution < 1.29 is 9.90 Å². The summed E-state index contributed by atoms with van der Waals surface area (Å²) >= 11 is 3.23. The quantitative estimate of drug-likeness (QED) is 0.908. The van der Waals surface area contributed by atoms with Crippen molar-refractivity contribution in [3.05, 3.63) is 22.3 Å². The molecular weight excluding hydrogens is 284 g/mol. The molecule has 0 saturated heterocycles. The third-order valence-corrected chi connectivity index (χ3v) is 3.14. The Kier molecular flexibility index (Phi) is 4.93. The fraction of sp³-hybridized carbons (Fsp3) is 0.500. The lowest BCUT2D eigenvalue weighted by Gasteiger charge is -2.23. The molecule has 1 heterocycles. The van der Waals surface area contributed by atoms with Crippen LogP contribution >= 0.6 is 15.9 Å². The highest BCUT2D eigenvalue weighted by molar-refractivity contribution is 9.10. The molecule has 94 valence electrons. The van der Waals surface area contributed by atoms with E-state index in [9.17, 15) is 4.79 Å². The Morgan fingerprint density at radius 3 is 2.82 bits per heavy atom. The van der Waals surface area contributed by atoms with E-state index in [1.807, 2.05) is 11.9 Å². The van der Waals surface area contributed by atoms with Crippen molar-refractivity contribution in [3.63, 3.8) is 0 Å². The molecule has 0 aliphatic heterocycles. The molecule has 1 N–H and O–H groups in total. The topological polar surface area (TPSA) is 53.4 Å². The van der Waals surface area contributed by atoms with Crippen LogP contribution in [0, 0.1) is 5.92 Å². The number of carboxylic acids is 1. The van der Waals surface area contributed by atoms with Crippen LogP contribution in [0.15, 0.2) is 16.7 Å². The number of hydrogen-bond acceptors (Lipinski definition) is 3. The van der Waals surface area contributed by atoms with Gasteiger partial charge in [0, 0.05) is 24.3 Å². The fourth-order valence-corrected chi connectivity index (χ4v) is 1.91. The van der Waals surface area contributed by atoms with Crippen LogP contribution in [0.5, 0.6) is 0 Å². The van der Waals surface area contributed by atoms with E-state index in [1.54, 1.807) is 12.3 Å². The van der Waals surface area contributed by atoms with Gasteiger partial charge in [-0.05, 0) is 27.9 Å². The first-order valence-corrected chi connectivity index (χ1v) is 6.35. The van der Waals surface area contributed by atoms with Crippen molar-refractivity contribution in [1.82, 2.24) is 4.98 Å². The van der Waals surface area contributed by atoms with Crippen molar-refractivity contribution in [2.24, 2.45) is 5.92 Å². The van der Waals surface area contributed by atoms with Crippen LogP contribution in [0.2, 0.25) is 0 Å². The number of nitrogens with zero attached hydrogens (tertiary/aromatic N) is 2. The second-order valence-corrected chi connectivity index (χ2v) is 5.14. The Morgan fingerprint density at radius 1 is 1.65 bits per heavy atom. The largest absolute Gasteiger partial charge is 0.478 e. The zero-order valence-corrected chi connectivity index (χ0v) is 11.9. The maximum absolute atomic E-state index is 11.1. The summed E-state index contributed by atoms with van der Waals surface area (Å²) in [6.45, 7) is 5.05. The van der Waals surface area contributed by atoms with Crippen molar-refractivity contribution in [3.8, 4) is 0 Å². The molecule has 0 aliphatic carbocycles. The van der Waals surface area contributed by atoms with E-state index in [1.165, 1.54) is 0 Å². The molecule has 0 saturated carbocycles. The van der Waals surface area contributed by atoms with Gasteiger partial charge < -0.3 is 10.0 Å². The molecule has 5 heteroatoms. The number of hydrogen-bond donors (Lipinski definition) is 1. The molecule has 0 bridgehead atoms. The zero-order chi connectivity index (χ0) is 13.0. The molecule has 0 amide bonds. The summed E-state index contributed by atoms with van der Waals surface area (Å²) in [5.74, 6) is 0.0675. The summed E-state index contributed by atoms with van der Waals surface area (Å²) < 4.78 is 0.676. The minimum Gasteiger partial charge on any atom is -0.478 e. The van der Waals surface area contributed by atoms with Crippen molar-refractivity contribution in [2.75, 3.05) is 18.5 Å². The van der Waals surface area contributed by atoms with E-state index in [4.69, 9.17) is 5.11 Å². The number of aromatic carboxylic acids is 1. The van der Waals surface area contributed by atoms with Gasteiger partial charge in [0.05, 0.1) is 0 Å². The minimum atomic E-state index is -0.954. The van der Waals surface area contributed by atoms with E-state index in [2.05, 4.69) is 34.8 Å². The summed E-state index contributed by atoms with van der Waals surface area (Å²) in [5, 5.41) is 9.14. The van der Waals surface area contributed by atoms with Crippen molar-refractivity contribution in [2.45, 2.75) is 20.3 Å². The van der Waals surface area contributed by atoms with Gasteiger partial charge in [-0.1, -0.05) is 20.3 Å². The van der Waals surface area contributed by atoms with Gasteiger partial charge in [-0.3, -0.25) is 0 Å². The molecule has 0 aliphatic rings. The molecule has 0 aromatic carbocycles. The summed E-state index contributed by atoms with van der Waals surface area (Å²) in [6, 6.07) is 1.58. The monoisotopic (exact) mass is 300 g/mol. The van der Waals surface area contributed by atoms with Crippen LogP contribution in [0.4, 0.5) is 5.82 Å². The van der Waals surface area contributed by atoms with Gasteiger partial charge in [-0.2, -0.15) is 0 Å². The highest BCUT2D eigenvalue weighted by atomic mass is 79.9. The summed E-state index contributed by atoms with van der Waals surface area (Å²) in [7, 11) is 1.87. The molecule has 0 radical (unpaired) electrons. The van der Waals surface area contributed by atoms with Gasteiger partial charge in [0.25, 0.3) is 0 Å². The summed E-state index contributed by atoms with van der Waals surface area (Å²) in [6.07, 6.45) is 2.68. The molecule has 1 aromatic rings. The lowest BCUT2D eigenvalue weighted by atomic mass is 10.1. The SMILES string of the molecule is CCC(C)CN(C)c1ncc(Br)cc1C(=O)O. The molecule has 4 nitrogen and oxygen atoms in total. The number of rotatable bonds is 5. The first kappa shape index (κ1) is 14.0. The molecule has 0 spiro atoms. The Morgan fingerprint density at radius 2 is 2.29 bits per heavy atom. The number of anilines is 1. The predicted molar refractivity (Wildman–Crippen MR) is 71.6 cm³/mol. The standard InChI is InChI=1S/C12H17BrN2O2/c1-4-8(2)7-15(3)11-10(12(16)17)5-9(13)6-14-11/h5-6,8H,4,7H2,1-3H3,(H,16,17). The van der Waals surface area contributed by atoms with E-state index in [-0.39, 0.29) is 5.56 Å². The van der Waals surface area contributed by atoms with Gasteiger partial charge in [0.2, 0.25) is 0 Å². The Labute approximate surface area is 110 Å². The van der Waals surface area contributed by atoms with Crippen LogP contribution < -0.4 is 4.90 Å². The van der Waals surface area contributed by atoms with E-state index < -0.39 is 5.97 Å². The second kappa shape index (κ2) is 6.00. The van der Waals surface area contributed by atoms with Crippen molar-refractivity contribution in [1.29, 1.82) is 0 Å². The van der Waals surface area contributed by atoms with E-state index in [0.717, 1.165) is 13.0 Å². The van der Waals surface area contributed by atoms with Gasteiger partial charge in [0.15, 0.2) is 0 Å². The van der Waals surface area contributed by atoms with Gasteiger partial charge in [-0.15, -0.1) is 0 Å². The zero-order valence-electron chi connectivity index (χ0n) is 10.3. The molecule has 0 fully saturated rings. The highest BCUT2D eigenvalue weighted by Crippen LogP contribution is 2.21. The number of carbonyl (C=O) groups is 1. The van der Waals surface area contributed by atoms with E-state index in [0.29, 0.717) is 16.2 Å². The average Bonchev–Trinajstić information content (AvgIpc) is 2.28. The van der Waals surface area contributed by atoms with Crippen LogP contribution in [0.25, 0.3) is 0 Å². The molecule has 17 heavy (non-hydrogen) atoms. The molecule has 1 unspecified atom stereocenters. The first-order valence-electron chi connectivity index (χ1n) is 5.55. The van der Waals surface area contributed by atoms with Gasteiger partial charge >= 0.3 is 5.97 Å². The smallest absolute Gasteiger partial charge is 0.339 e. The van der Waals surface area contributed by atoms with Crippen LogP contribution in [-0.4, -0.2) is 29.7 Å². The maximum atomic E-state index is 11.1. The van der Waals surface area contributed by atoms with Crippen LogP contribution in [0.3, 0.4) is 0 Å². The summed E-state index contributed by atoms with van der Waals surface area (Å²) in [5.41, 5.74) is 0.227. The Bertz CT molecular complexity index is 409. The normalized spacial score (nSPS) is 12.2. The lowest BCUT2D eigenvalue weighted by Crippen LogP contribution is -2.26. The van der Waals surface area contributed by atoms with E-state index >= 15 is 0 Å². The molecule has 1 atom stereocenters. The van der Waals surface area contributed by atoms with Gasteiger partial charge in [-0.25, -0.2) is 9.78 Å². The molecule has 1 rings (SSSR count). The van der Waals surface area contributed by atoms with Gasteiger partial charge in [0.1, 0.15) is 11.4 Å². The fourth-order valence-electron chi connectivity index (χ4n) is 1.58. The predicted octanol–water partition coefficient (Wildman–Crippen LogP) is 3.02. The number of aromatic nitrogens is 1. The Balaban J connectivity index is 3.00. The second-order valence-electron chi connectivity index (χ2n) is 4.22. The van der Waals surface area contributed by atoms with Crippen molar-refractivity contribution >= 4 is 27.7 Å². The third kappa shape index (κ3) is 3.70. The van der Waals surface area contributed by atoms with Crippen LogP contribution in [0.1, 0.15) is 30.6 Å². The number of carboxylic acid groups (broad SMARTS) is 1. The maximum Gasteiger partial charge on any atom is 0.339 e. The third-order valence-electron chi connectivity index (χ3n) is 2.71. The number of pyridine rings is 1. The molecular formula is C12H17BrN2O2. The average molecular weight is 301 g/mol. The summed E-state index contributed by atoms with van der Waals surface area (Å²) in [4.78, 5) is 17.2. The minimum absolute atomic E-state index is 0.227. The lowest BCUT2D eigenvalue weighted by molar-refractivity contribution is 0.0697. The molecule has 1 aromatic heterocycles. The highest BCUT2D eigenvalue weighted by Gasteiger charge is 2.16. The Hall–Kier alpha value is -1.10.